The van der Waals surface area contributed by atoms with E-state index < -0.39 is 5.60 Å². The molecule has 7 atom stereocenters. The van der Waals surface area contributed by atoms with E-state index in [1.54, 1.807) is 0 Å². The van der Waals surface area contributed by atoms with E-state index in [9.17, 15) is 5.11 Å². The number of H-pyrrole nitrogens is 1. The van der Waals surface area contributed by atoms with Crippen molar-refractivity contribution in [2.24, 2.45) is 34.5 Å². The smallest absolute Gasteiger partial charge is 0.0675 e. The third-order valence-electron chi connectivity index (χ3n) is 9.46. The largest absolute Gasteiger partial charge is 0.390 e. The van der Waals surface area contributed by atoms with Gasteiger partial charge < -0.3 is 5.11 Å². The second kappa shape index (κ2) is 4.66. The lowest BCUT2D eigenvalue weighted by Crippen LogP contribution is -2.56. The Labute approximate surface area is 145 Å². The van der Waals surface area contributed by atoms with Crippen molar-refractivity contribution < 1.29 is 5.11 Å². The molecule has 0 amide bonds. The summed E-state index contributed by atoms with van der Waals surface area (Å²) in [5.41, 5.74) is 3.01. The van der Waals surface area contributed by atoms with Crippen LogP contribution in [0, 0.1) is 34.5 Å². The molecule has 132 valence electrons. The summed E-state index contributed by atoms with van der Waals surface area (Å²) in [6, 6.07) is 0. The molecular formula is C21H32N2O. The number of aromatic amines is 1. The van der Waals surface area contributed by atoms with Crippen molar-refractivity contribution in [2.75, 3.05) is 0 Å². The zero-order valence-electron chi connectivity index (χ0n) is 15.4. The van der Waals surface area contributed by atoms with Gasteiger partial charge in [-0.2, -0.15) is 5.10 Å². The Balaban J connectivity index is 1.50. The van der Waals surface area contributed by atoms with Crippen molar-refractivity contribution in [2.45, 2.75) is 77.7 Å². The van der Waals surface area contributed by atoms with Gasteiger partial charge >= 0.3 is 0 Å². The normalized spacial score (nSPS) is 53.0. The molecule has 0 spiro atoms. The number of aromatic nitrogens is 2. The van der Waals surface area contributed by atoms with E-state index in [4.69, 9.17) is 0 Å². The van der Waals surface area contributed by atoms with Gasteiger partial charge in [0.1, 0.15) is 0 Å². The van der Waals surface area contributed by atoms with Gasteiger partial charge in [-0.3, -0.25) is 5.10 Å². The maximum atomic E-state index is 11.0. The van der Waals surface area contributed by atoms with E-state index in [2.05, 4.69) is 37.2 Å². The summed E-state index contributed by atoms with van der Waals surface area (Å²) in [4.78, 5) is 0. The van der Waals surface area contributed by atoms with Crippen LogP contribution in [0.25, 0.3) is 0 Å². The summed E-state index contributed by atoms with van der Waals surface area (Å²) < 4.78 is 0. The first kappa shape index (κ1) is 15.4. The van der Waals surface area contributed by atoms with Crippen LogP contribution in [0.2, 0.25) is 0 Å². The predicted molar refractivity (Wildman–Crippen MR) is 94.5 cm³/mol. The Morgan fingerprint density at radius 1 is 1.08 bits per heavy atom. The van der Waals surface area contributed by atoms with Crippen LogP contribution in [0.3, 0.4) is 0 Å². The molecule has 3 heteroatoms. The van der Waals surface area contributed by atoms with E-state index in [0.717, 1.165) is 30.1 Å². The molecule has 2 N–H and O–H groups in total. The first-order valence-electron chi connectivity index (χ1n) is 10.1. The van der Waals surface area contributed by atoms with Crippen LogP contribution in [0.1, 0.15) is 70.6 Å². The quantitative estimate of drug-likeness (QED) is 0.752. The van der Waals surface area contributed by atoms with E-state index >= 15 is 0 Å². The fourth-order valence-corrected chi connectivity index (χ4v) is 7.71. The highest BCUT2D eigenvalue weighted by atomic mass is 16.3. The first-order chi connectivity index (χ1) is 11.4. The summed E-state index contributed by atoms with van der Waals surface area (Å²) in [6.07, 6.45) is 12.0. The van der Waals surface area contributed by atoms with Crippen molar-refractivity contribution in [1.29, 1.82) is 0 Å². The molecule has 3 saturated carbocycles. The van der Waals surface area contributed by atoms with Gasteiger partial charge in [0.25, 0.3) is 0 Å². The molecule has 0 unspecified atom stereocenters. The van der Waals surface area contributed by atoms with E-state index in [1.807, 2.05) is 0 Å². The average molecular weight is 329 g/mol. The fourth-order valence-electron chi connectivity index (χ4n) is 7.71. The molecular weight excluding hydrogens is 296 g/mol. The molecule has 3 nitrogen and oxygen atoms in total. The molecule has 0 aromatic carbocycles. The van der Waals surface area contributed by atoms with Gasteiger partial charge in [0.2, 0.25) is 0 Å². The third kappa shape index (κ3) is 1.75. The topological polar surface area (TPSA) is 48.9 Å². The van der Waals surface area contributed by atoms with E-state index in [0.29, 0.717) is 5.41 Å². The van der Waals surface area contributed by atoms with Gasteiger partial charge in [0.05, 0.1) is 11.8 Å². The Morgan fingerprint density at radius 3 is 2.71 bits per heavy atom. The average Bonchev–Trinajstić information content (AvgIpc) is 3.06. The maximum Gasteiger partial charge on any atom is 0.0675 e. The molecule has 24 heavy (non-hydrogen) atoms. The van der Waals surface area contributed by atoms with Gasteiger partial charge in [0.15, 0.2) is 0 Å². The van der Waals surface area contributed by atoms with Gasteiger partial charge in [-0.25, -0.2) is 0 Å². The molecule has 0 radical (unpaired) electrons. The van der Waals surface area contributed by atoms with Crippen LogP contribution >= 0.6 is 0 Å². The lowest BCUT2D eigenvalue weighted by atomic mass is 9.44. The Hall–Kier alpha value is -0.830. The highest BCUT2D eigenvalue weighted by molar-refractivity contribution is 5.26. The molecule has 5 rings (SSSR count). The molecule has 3 fully saturated rings. The molecule has 0 saturated heterocycles. The third-order valence-corrected chi connectivity index (χ3v) is 9.46. The van der Waals surface area contributed by atoms with Crippen molar-refractivity contribution in [3.63, 3.8) is 0 Å². The Kier molecular flexibility index (Phi) is 3.00. The molecule has 1 aromatic heterocycles. The summed E-state index contributed by atoms with van der Waals surface area (Å²) in [5.74, 6) is 3.21. The molecule has 0 bridgehead atoms. The molecule has 0 aliphatic heterocycles. The van der Waals surface area contributed by atoms with Crippen LogP contribution < -0.4 is 0 Å². The van der Waals surface area contributed by atoms with Crippen LogP contribution in [-0.4, -0.2) is 20.9 Å². The number of aliphatic hydroxyl groups is 1. The number of fused-ring (bicyclic) bond motifs is 6. The van der Waals surface area contributed by atoms with Crippen LogP contribution in [0.4, 0.5) is 0 Å². The molecule has 1 heterocycles. The van der Waals surface area contributed by atoms with Gasteiger partial charge in [0, 0.05) is 5.69 Å². The molecule has 4 aliphatic rings. The second-order valence-corrected chi connectivity index (χ2v) is 10.2. The lowest BCUT2D eigenvalue weighted by molar-refractivity contribution is -0.139. The van der Waals surface area contributed by atoms with Crippen LogP contribution in [0.15, 0.2) is 6.20 Å². The van der Waals surface area contributed by atoms with Gasteiger partial charge in [-0.05, 0) is 98.4 Å². The minimum atomic E-state index is -0.454. The second-order valence-electron chi connectivity index (χ2n) is 10.2. The predicted octanol–water partition coefficient (Wildman–Crippen LogP) is 4.12. The van der Waals surface area contributed by atoms with Crippen molar-refractivity contribution >= 4 is 0 Å². The van der Waals surface area contributed by atoms with Crippen LogP contribution in [0.5, 0.6) is 0 Å². The summed E-state index contributed by atoms with van der Waals surface area (Å²) in [5, 5.41) is 18.6. The van der Waals surface area contributed by atoms with Crippen molar-refractivity contribution in [3.05, 3.63) is 17.5 Å². The highest BCUT2D eigenvalue weighted by Crippen LogP contribution is 2.67. The fraction of sp³-hybridized carbons (Fsp3) is 0.857. The Morgan fingerprint density at radius 2 is 1.88 bits per heavy atom. The lowest BCUT2D eigenvalue weighted by Gasteiger charge is -2.60. The standard InChI is InChI=1S/C21H32N2O/c1-19-11-13-12-22-23-18(13)10-14(19)4-5-15-16(19)6-8-20(2)17(15)7-9-21(20,3)24/h12,14-17,24H,4-11H2,1-3H3,(H,22,23)/t14-,15-,16+,17-,19-,20-,21+/m0/s1. The van der Waals surface area contributed by atoms with Crippen molar-refractivity contribution in [1.82, 2.24) is 10.2 Å². The zero-order chi connectivity index (χ0) is 16.7. The Bertz CT molecular complexity index is 665. The minimum Gasteiger partial charge on any atom is -0.390 e. The molecule has 1 aromatic rings. The molecule has 4 aliphatic carbocycles. The SMILES string of the molecule is C[C@]12Cc3cn[nH]c3C[C@@H]1CC[C@H]1[C@H]2CC[C@@]2(C)[C@H]1CC[C@@]2(C)O. The summed E-state index contributed by atoms with van der Waals surface area (Å²) in [7, 11) is 0. The number of hydrogen-bond acceptors (Lipinski definition) is 2. The number of nitrogens with one attached hydrogen (secondary N) is 1. The van der Waals surface area contributed by atoms with Crippen LogP contribution in [-0.2, 0) is 12.8 Å². The van der Waals surface area contributed by atoms with Crippen molar-refractivity contribution in [3.8, 4) is 0 Å². The highest BCUT2D eigenvalue weighted by Gasteiger charge is 2.63. The number of nitrogens with zero attached hydrogens (tertiary/aromatic N) is 1. The monoisotopic (exact) mass is 328 g/mol. The van der Waals surface area contributed by atoms with E-state index in [1.165, 1.54) is 56.2 Å². The number of rotatable bonds is 0. The zero-order valence-corrected chi connectivity index (χ0v) is 15.4. The first-order valence-corrected chi connectivity index (χ1v) is 10.1. The van der Waals surface area contributed by atoms with E-state index in [-0.39, 0.29) is 5.41 Å². The summed E-state index contributed by atoms with van der Waals surface area (Å²) >= 11 is 0. The minimum absolute atomic E-state index is 0.146. The van der Waals surface area contributed by atoms with Gasteiger partial charge in [-0.15, -0.1) is 0 Å². The van der Waals surface area contributed by atoms with Gasteiger partial charge in [-0.1, -0.05) is 13.8 Å². The maximum absolute atomic E-state index is 11.0. The summed E-state index contributed by atoms with van der Waals surface area (Å²) in [6.45, 7) is 7.09. The number of hydrogen-bond donors (Lipinski definition) is 2.